The van der Waals surface area contributed by atoms with Crippen LogP contribution in [0, 0.1) is 12.3 Å². The van der Waals surface area contributed by atoms with Gasteiger partial charge in [0.2, 0.25) is 10.0 Å². The van der Waals surface area contributed by atoms with Crippen LogP contribution in [0.5, 0.6) is 0 Å². The second-order valence-corrected chi connectivity index (χ2v) is 7.34. The maximum atomic E-state index is 12.4. The Morgan fingerprint density at radius 1 is 1.40 bits per heavy atom. The number of carbonyl (C=O) groups excluding carboxylic acids is 1. The first-order valence-electron chi connectivity index (χ1n) is 7.20. The Hall–Kier alpha value is -2.41. The first kappa shape index (κ1) is 20.6. The summed E-state index contributed by atoms with van der Waals surface area (Å²) in [5.74, 6) is 0.437. The minimum Gasteiger partial charge on any atom is -0.481 e. The smallest absolute Gasteiger partial charge is 0.305 e. The van der Waals surface area contributed by atoms with Crippen molar-refractivity contribution in [3.05, 3.63) is 29.8 Å². The van der Waals surface area contributed by atoms with Gasteiger partial charge in [0.25, 0.3) is 5.91 Å². The van der Waals surface area contributed by atoms with Gasteiger partial charge in [-0.3, -0.25) is 9.59 Å². The monoisotopic (exact) mass is 368 g/mol. The molecule has 1 aromatic carbocycles. The van der Waals surface area contributed by atoms with E-state index in [1.165, 1.54) is 38.3 Å². The lowest BCUT2D eigenvalue weighted by atomic mass is 9.98. The molecular formula is C16H20N2O6S. The maximum Gasteiger partial charge on any atom is 0.305 e. The standard InChI is InChI=1S/C16H20N2O6S/c1-4-8-17-25(22,23)13-7-5-6-12(9-13)15(21)18-16(2,11-24-3)10-14(19)20/h1,5-7,9,17H,8,10-11H2,2-3H3,(H,18,21)(H,19,20). The van der Waals surface area contributed by atoms with Gasteiger partial charge in [-0.15, -0.1) is 6.42 Å². The number of aliphatic carboxylic acids is 1. The molecule has 3 N–H and O–H groups in total. The van der Waals surface area contributed by atoms with E-state index in [9.17, 15) is 18.0 Å². The average molecular weight is 368 g/mol. The van der Waals surface area contributed by atoms with Crippen LogP contribution in [0.4, 0.5) is 0 Å². The number of hydrogen-bond donors (Lipinski definition) is 3. The number of carboxylic acid groups (broad SMARTS) is 1. The van der Waals surface area contributed by atoms with Crippen LogP contribution in [-0.4, -0.2) is 51.2 Å². The molecule has 0 aromatic heterocycles. The fourth-order valence-electron chi connectivity index (χ4n) is 2.15. The van der Waals surface area contributed by atoms with Crippen molar-refractivity contribution in [3.63, 3.8) is 0 Å². The Kier molecular flexibility index (Phi) is 7.11. The Balaban J connectivity index is 3.05. The number of amides is 1. The third-order valence-corrected chi connectivity index (χ3v) is 4.59. The van der Waals surface area contributed by atoms with Crippen LogP contribution >= 0.6 is 0 Å². The second-order valence-electron chi connectivity index (χ2n) is 5.57. The molecule has 0 radical (unpaired) electrons. The Morgan fingerprint density at radius 2 is 2.08 bits per heavy atom. The van der Waals surface area contributed by atoms with Crippen LogP contribution in [0.1, 0.15) is 23.7 Å². The molecule has 1 unspecified atom stereocenters. The van der Waals surface area contributed by atoms with Crippen LogP contribution in [0.3, 0.4) is 0 Å². The van der Waals surface area contributed by atoms with Gasteiger partial charge >= 0.3 is 5.97 Å². The second kappa shape index (κ2) is 8.62. The largest absolute Gasteiger partial charge is 0.481 e. The summed E-state index contributed by atoms with van der Waals surface area (Å²) in [6.07, 6.45) is 4.68. The summed E-state index contributed by atoms with van der Waals surface area (Å²) in [6.45, 7) is 1.33. The molecule has 0 aliphatic heterocycles. The van der Waals surface area contributed by atoms with Gasteiger partial charge < -0.3 is 15.2 Å². The topological polar surface area (TPSA) is 122 Å². The number of benzene rings is 1. The van der Waals surface area contributed by atoms with Crippen molar-refractivity contribution in [1.29, 1.82) is 0 Å². The fourth-order valence-corrected chi connectivity index (χ4v) is 3.13. The number of nitrogens with one attached hydrogen (secondary N) is 2. The Labute approximate surface area is 146 Å². The lowest BCUT2D eigenvalue weighted by Crippen LogP contribution is -2.50. The number of carboxylic acids is 1. The van der Waals surface area contributed by atoms with Crippen molar-refractivity contribution in [2.24, 2.45) is 0 Å². The number of sulfonamides is 1. The lowest BCUT2D eigenvalue weighted by Gasteiger charge is -2.28. The number of carbonyl (C=O) groups is 2. The van der Waals surface area contributed by atoms with Gasteiger partial charge in [-0.1, -0.05) is 12.0 Å². The van der Waals surface area contributed by atoms with Gasteiger partial charge in [0.1, 0.15) is 0 Å². The number of terminal acetylenes is 1. The highest BCUT2D eigenvalue weighted by Crippen LogP contribution is 2.15. The van der Waals surface area contributed by atoms with Gasteiger partial charge in [-0.25, -0.2) is 8.42 Å². The van der Waals surface area contributed by atoms with Crippen molar-refractivity contribution in [3.8, 4) is 12.3 Å². The zero-order valence-electron chi connectivity index (χ0n) is 13.9. The van der Waals surface area contributed by atoms with Crippen molar-refractivity contribution in [1.82, 2.24) is 10.0 Å². The lowest BCUT2D eigenvalue weighted by molar-refractivity contribution is -0.139. The molecule has 0 saturated carbocycles. The summed E-state index contributed by atoms with van der Waals surface area (Å²) in [7, 11) is -2.46. The summed E-state index contributed by atoms with van der Waals surface area (Å²) in [6, 6.07) is 5.33. The molecule has 1 amide bonds. The van der Waals surface area contributed by atoms with E-state index in [1.807, 2.05) is 0 Å². The summed E-state index contributed by atoms with van der Waals surface area (Å²) in [5.41, 5.74) is -1.08. The highest BCUT2D eigenvalue weighted by Gasteiger charge is 2.30. The highest BCUT2D eigenvalue weighted by molar-refractivity contribution is 7.89. The van der Waals surface area contributed by atoms with Gasteiger partial charge in [-0.05, 0) is 25.1 Å². The Morgan fingerprint density at radius 3 is 2.64 bits per heavy atom. The minimum absolute atomic E-state index is 0.0211. The third kappa shape index (κ3) is 6.19. The zero-order chi connectivity index (χ0) is 19.1. The summed E-state index contributed by atoms with van der Waals surface area (Å²) in [4.78, 5) is 23.3. The minimum atomic E-state index is -3.84. The summed E-state index contributed by atoms with van der Waals surface area (Å²) < 4.78 is 31.3. The van der Waals surface area contributed by atoms with E-state index >= 15 is 0 Å². The number of methoxy groups -OCH3 is 1. The third-order valence-electron chi connectivity index (χ3n) is 3.19. The van der Waals surface area contributed by atoms with E-state index in [0.717, 1.165) is 0 Å². The molecule has 8 nitrogen and oxygen atoms in total. The SMILES string of the molecule is C#CCNS(=O)(=O)c1cccc(C(=O)NC(C)(COC)CC(=O)O)c1. The van der Waals surface area contributed by atoms with Crippen LogP contribution in [0.25, 0.3) is 0 Å². The molecule has 1 atom stereocenters. The fraction of sp³-hybridized carbons (Fsp3) is 0.375. The molecule has 0 bridgehead atoms. The molecule has 1 rings (SSSR count). The molecule has 25 heavy (non-hydrogen) atoms. The van der Waals surface area contributed by atoms with E-state index < -0.39 is 27.4 Å². The van der Waals surface area contributed by atoms with Crippen molar-refractivity contribution in [2.75, 3.05) is 20.3 Å². The van der Waals surface area contributed by atoms with Crippen molar-refractivity contribution in [2.45, 2.75) is 23.8 Å². The van der Waals surface area contributed by atoms with Gasteiger partial charge in [0.15, 0.2) is 0 Å². The predicted octanol–water partition coefficient (Wildman–Crippen LogP) is 0.208. The first-order chi connectivity index (χ1) is 11.6. The number of hydrogen-bond acceptors (Lipinski definition) is 5. The van der Waals surface area contributed by atoms with Gasteiger partial charge in [-0.2, -0.15) is 4.72 Å². The first-order valence-corrected chi connectivity index (χ1v) is 8.68. The van der Waals surface area contributed by atoms with Crippen LogP contribution in [0.15, 0.2) is 29.2 Å². The van der Waals surface area contributed by atoms with E-state index in [1.54, 1.807) is 0 Å². The average Bonchev–Trinajstić information content (AvgIpc) is 2.52. The molecule has 136 valence electrons. The van der Waals surface area contributed by atoms with Crippen molar-refractivity contribution >= 4 is 21.9 Å². The summed E-state index contributed by atoms with van der Waals surface area (Å²) >= 11 is 0. The van der Waals surface area contributed by atoms with Crippen LogP contribution < -0.4 is 10.0 Å². The van der Waals surface area contributed by atoms with E-state index in [-0.39, 0.29) is 30.0 Å². The molecule has 9 heteroatoms. The molecule has 0 aliphatic carbocycles. The molecule has 0 saturated heterocycles. The van der Waals surface area contributed by atoms with Gasteiger partial charge in [0, 0.05) is 12.7 Å². The molecule has 0 aliphatic rings. The quantitative estimate of drug-likeness (QED) is 0.536. The highest BCUT2D eigenvalue weighted by atomic mass is 32.2. The van der Waals surface area contributed by atoms with E-state index in [0.29, 0.717) is 0 Å². The van der Waals surface area contributed by atoms with E-state index in [2.05, 4.69) is 16.0 Å². The number of ether oxygens (including phenoxy) is 1. The molecular weight excluding hydrogens is 348 g/mol. The molecule has 0 fully saturated rings. The van der Waals surface area contributed by atoms with Gasteiger partial charge in [0.05, 0.1) is 30.0 Å². The molecule has 1 aromatic rings. The maximum absolute atomic E-state index is 12.4. The number of rotatable bonds is 9. The van der Waals surface area contributed by atoms with Crippen LogP contribution in [-0.2, 0) is 19.6 Å². The van der Waals surface area contributed by atoms with Crippen LogP contribution in [0.2, 0.25) is 0 Å². The predicted molar refractivity (Wildman–Crippen MR) is 90.5 cm³/mol. The van der Waals surface area contributed by atoms with E-state index in [4.69, 9.17) is 16.3 Å². The Bertz CT molecular complexity index is 784. The summed E-state index contributed by atoms with van der Waals surface area (Å²) in [5, 5.41) is 11.6. The van der Waals surface area contributed by atoms with Crippen molar-refractivity contribution < 1.29 is 27.9 Å². The normalized spacial score (nSPS) is 13.5. The molecule has 0 spiro atoms. The molecule has 0 heterocycles. The zero-order valence-corrected chi connectivity index (χ0v) is 14.7.